The second kappa shape index (κ2) is 3.58. The molecule has 0 saturated carbocycles. The Morgan fingerprint density at radius 1 is 1.47 bits per heavy atom. The number of nitriles is 1. The number of H-pyrrole nitrogens is 1. The summed E-state index contributed by atoms with van der Waals surface area (Å²) >= 11 is 0. The Bertz CT molecular complexity index is 573. The van der Waals surface area contributed by atoms with Crippen molar-refractivity contribution >= 4 is 17.0 Å². The molecule has 0 radical (unpaired) electrons. The number of allylic oxidation sites excluding steroid dienone is 1. The fourth-order valence-corrected chi connectivity index (χ4v) is 1.57. The van der Waals surface area contributed by atoms with Crippen LogP contribution < -0.4 is 0 Å². The molecule has 0 bridgehead atoms. The molecule has 0 unspecified atom stereocenters. The highest BCUT2D eigenvalue weighted by Crippen LogP contribution is 2.22. The summed E-state index contributed by atoms with van der Waals surface area (Å²) in [5.74, 6) is -0.477. The smallest absolute Gasteiger partial charge is 0.141 e. The van der Waals surface area contributed by atoms with Gasteiger partial charge < -0.3 is 4.98 Å². The third-order valence-corrected chi connectivity index (χ3v) is 2.27. The van der Waals surface area contributed by atoms with Crippen molar-refractivity contribution in [1.82, 2.24) is 4.98 Å². The van der Waals surface area contributed by atoms with Crippen LogP contribution in [0.2, 0.25) is 0 Å². The van der Waals surface area contributed by atoms with Crippen LogP contribution in [0.25, 0.3) is 17.0 Å². The molecular weight excluding hydrogens is 191 g/mol. The van der Waals surface area contributed by atoms with Crippen molar-refractivity contribution in [3.8, 4) is 6.07 Å². The van der Waals surface area contributed by atoms with Gasteiger partial charge in [-0.1, -0.05) is 12.2 Å². The Hall–Kier alpha value is -2.08. The van der Waals surface area contributed by atoms with Crippen molar-refractivity contribution < 1.29 is 4.39 Å². The maximum Gasteiger partial charge on any atom is 0.141 e. The fourth-order valence-electron chi connectivity index (χ4n) is 1.57. The lowest BCUT2D eigenvalue weighted by molar-refractivity contribution is 0.626. The van der Waals surface area contributed by atoms with E-state index in [0.29, 0.717) is 0 Å². The van der Waals surface area contributed by atoms with Gasteiger partial charge in [0, 0.05) is 17.1 Å². The number of nitrogens with zero attached hydrogens (tertiary/aromatic N) is 1. The molecule has 0 atom stereocenters. The van der Waals surface area contributed by atoms with Crippen molar-refractivity contribution in [1.29, 1.82) is 5.26 Å². The summed E-state index contributed by atoms with van der Waals surface area (Å²) in [6.07, 6.45) is 5.58. The van der Waals surface area contributed by atoms with Crippen LogP contribution in [-0.2, 0) is 0 Å². The van der Waals surface area contributed by atoms with Gasteiger partial charge in [0.1, 0.15) is 11.9 Å². The van der Waals surface area contributed by atoms with E-state index in [4.69, 9.17) is 5.26 Å². The molecule has 0 saturated heterocycles. The quantitative estimate of drug-likeness (QED) is 0.754. The summed E-state index contributed by atoms with van der Waals surface area (Å²) in [4.78, 5) is 3.01. The summed E-state index contributed by atoms with van der Waals surface area (Å²) < 4.78 is 13.4. The zero-order chi connectivity index (χ0) is 10.8. The van der Waals surface area contributed by atoms with E-state index in [2.05, 4.69) is 4.98 Å². The molecule has 2 nitrogen and oxygen atoms in total. The first-order chi connectivity index (χ1) is 7.26. The fraction of sp³-hybridized carbons (Fsp3) is 0.0833. The van der Waals surface area contributed by atoms with Crippen LogP contribution in [0.4, 0.5) is 4.39 Å². The number of fused-ring (bicyclic) bond motifs is 1. The van der Waals surface area contributed by atoms with Gasteiger partial charge in [-0.2, -0.15) is 5.26 Å². The van der Waals surface area contributed by atoms with Gasteiger partial charge in [0.2, 0.25) is 0 Å². The SMILES string of the molecule is C/C=C/c1c[nH]c2cc(C#N)c(F)cc12. The first-order valence-electron chi connectivity index (χ1n) is 4.59. The number of benzene rings is 1. The van der Waals surface area contributed by atoms with Crippen LogP contribution in [0.15, 0.2) is 24.4 Å². The third-order valence-electron chi connectivity index (χ3n) is 2.27. The summed E-state index contributed by atoms with van der Waals surface area (Å²) in [6, 6.07) is 4.73. The van der Waals surface area contributed by atoms with E-state index in [1.807, 2.05) is 25.1 Å². The van der Waals surface area contributed by atoms with Crippen LogP contribution in [0, 0.1) is 17.1 Å². The zero-order valence-electron chi connectivity index (χ0n) is 8.21. The topological polar surface area (TPSA) is 39.6 Å². The summed E-state index contributed by atoms with van der Waals surface area (Å²) in [7, 11) is 0. The first kappa shape index (κ1) is 9.47. The van der Waals surface area contributed by atoms with Gasteiger partial charge in [-0.25, -0.2) is 4.39 Å². The van der Waals surface area contributed by atoms with Gasteiger partial charge in [0.15, 0.2) is 0 Å². The summed E-state index contributed by atoms with van der Waals surface area (Å²) in [5.41, 5.74) is 1.77. The minimum Gasteiger partial charge on any atom is -0.361 e. The maximum absolute atomic E-state index is 13.4. The standard InChI is InChI=1S/C12H9FN2/c1-2-3-8-7-15-12-4-9(6-14)11(13)5-10(8)12/h2-5,7,15H,1H3/b3-2+. The predicted molar refractivity (Wildman–Crippen MR) is 57.7 cm³/mol. The van der Waals surface area contributed by atoms with Crippen LogP contribution in [-0.4, -0.2) is 4.98 Å². The molecule has 0 fully saturated rings. The lowest BCUT2D eigenvalue weighted by Crippen LogP contribution is -1.83. The third kappa shape index (κ3) is 1.50. The van der Waals surface area contributed by atoms with E-state index in [9.17, 15) is 4.39 Å². The molecule has 1 heterocycles. The van der Waals surface area contributed by atoms with Gasteiger partial charge in [-0.05, 0) is 24.6 Å². The van der Waals surface area contributed by atoms with Gasteiger partial charge in [0.25, 0.3) is 0 Å². The van der Waals surface area contributed by atoms with E-state index < -0.39 is 5.82 Å². The molecule has 1 aromatic carbocycles. The first-order valence-corrected chi connectivity index (χ1v) is 4.59. The normalized spacial score (nSPS) is 11.0. The number of rotatable bonds is 1. The Labute approximate surface area is 86.7 Å². The summed E-state index contributed by atoms with van der Waals surface area (Å²) in [6.45, 7) is 1.90. The Morgan fingerprint density at radius 2 is 2.27 bits per heavy atom. The molecule has 74 valence electrons. The Balaban J connectivity index is 2.74. The molecule has 3 heteroatoms. The second-order valence-corrected chi connectivity index (χ2v) is 3.23. The highest BCUT2D eigenvalue weighted by atomic mass is 19.1. The molecule has 0 amide bonds. The zero-order valence-corrected chi connectivity index (χ0v) is 8.21. The van der Waals surface area contributed by atoms with Crippen LogP contribution >= 0.6 is 0 Å². The van der Waals surface area contributed by atoms with Crippen molar-refractivity contribution in [3.63, 3.8) is 0 Å². The van der Waals surface area contributed by atoms with Crippen LogP contribution in [0.5, 0.6) is 0 Å². The Morgan fingerprint density at radius 3 is 2.93 bits per heavy atom. The molecule has 0 spiro atoms. The molecule has 0 aliphatic heterocycles. The monoisotopic (exact) mass is 200 g/mol. The molecule has 2 rings (SSSR count). The second-order valence-electron chi connectivity index (χ2n) is 3.23. The van der Waals surface area contributed by atoms with Crippen LogP contribution in [0.3, 0.4) is 0 Å². The lowest BCUT2D eigenvalue weighted by Gasteiger charge is -1.95. The van der Waals surface area contributed by atoms with Crippen molar-refractivity contribution in [2.75, 3.05) is 0 Å². The number of aromatic amines is 1. The van der Waals surface area contributed by atoms with Crippen molar-refractivity contribution in [2.24, 2.45) is 0 Å². The van der Waals surface area contributed by atoms with Gasteiger partial charge in [-0.15, -0.1) is 0 Å². The summed E-state index contributed by atoms with van der Waals surface area (Å²) in [5, 5.41) is 9.47. The number of nitrogens with one attached hydrogen (secondary N) is 1. The van der Waals surface area contributed by atoms with E-state index in [-0.39, 0.29) is 5.56 Å². The van der Waals surface area contributed by atoms with E-state index >= 15 is 0 Å². The number of halogens is 1. The largest absolute Gasteiger partial charge is 0.361 e. The van der Waals surface area contributed by atoms with E-state index in [0.717, 1.165) is 16.5 Å². The highest BCUT2D eigenvalue weighted by Gasteiger charge is 2.07. The maximum atomic E-state index is 13.4. The molecule has 15 heavy (non-hydrogen) atoms. The van der Waals surface area contributed by atoms with Crippen molar-refractivity contribution in [3.05, 3.63) is 41.3 Å². The molecule has 2 aromatic rings. The average molecular weight is 200 g/mol. The minimum atomic E-state index is -0.477. The van der Waals surface area contributed by atoms with Gasteiger partial charge in [0.05, 0.1) is 5.56 Å². The number of hydrogen-bond acceptors (Lipinski definition) is 1. The Kier molecular flexibility index (Phi) is 2.26. The number of hydrogen-bond donors (Lipinski definition) is 1. The van der Waals surface area contributed by atoms with Gasteiger partial charge >= 0.3 is 0 Å². The minimum absolute atomic E-state index is 0.0661. The number of aromatic nitrogens is 1. The van der Waals surface area contributed by atoms with E-state index in [1.165, 1.54) is 12.1 Å². The molecule has 1 N–H and O–H groups in total. The van der Waals surface area contributed by atoms with Crippen LogP contribution in [0.1, 0.15) is 18.1 Å². The molecule has 1 aromatic heterocycles. The van der Waals surface area contributed by atoms with Gasteiger partial charge in [-0.3, -0.25) is 0 Å². The predicted octanol–water partition coefficient (Wildman–Crippen LogP) is 3.21. The molecular formula is C12H9FN2. The lowest BCUT2D eigenvalue weighted by atomic mass is 10.1. The van der Waals surface area contributed by atoms with E-state index in [1.54, 1.807) is 6.20 Å². The molecule has 0 aliphatic carbocycles. The highest BCUT2D eigenvalue weighted by molar-refractivity contribution is 5.89. The average Bonchev–Trinajstić information content (AvgIpc) is 2.61. The van der Waals surface area contributed by atoms with Crippen molar-refractivity contribution in [2.45, 2.75) is 6.92 Å². The molecule has 0 aliphatic rings.